The zero-order chi connectivity index (χ0) is 30.2. The molecule has 0 N–H and O–H groups in total. The number of aryl methyl sites for hydroxylation is 1. The molecule has 1 fully saturated rings. The van der Waals surface area contributed by atoms with Crippen LogP contribution in [0.25, 0.3) is 0 Å². The van der Waals surface area contributed by atoms with E-state index in [1.165, 1.54) is 37.7 Å². The maximum absolute atomic E-state index is 13.5. The fourth-order valence-electron chi connectivity index (χ4n) is 4.87. The van der Waals surface area contributed by atoms with Gasteiger partial charge in [0.1, 0.15) is 11.9 Å². The fraction of sp³-hybridized carbons (Fsp3) is 0.457. The number of hydrogen-bond acceptors (Lipinski definition) is 6. The first-order valence-corrected chi connectivity index (χ1v) is 17.1. The number of carbonyl (C=O) groups excluding carboxylic acids is 1. The monoisotopic (exact) mass is 607 g/mol. The average molecular weight is 608 g/mol. The summed E-state index contributed by atoms with van der Waals surface area (Å²) in [6.07, 6.45) is 9.15. The van der Waals surface area contributed by atoms with Crippen molar-refractivity contribution in [3.8, 4) is 5.75 Å². The van der Waals surface area contributed by atoms with E-state index in [0.717, 1.165) is 42.7 Å². The van der Waals surface area contributed by atoms with E-state index in [0.29, 0.717) is 19.5 Å². The van der Waals surface area contributed by atoms with Gasteiger partial charge in [0.15, 0.2) is 0 Å². The van der Waals surface area contributed by atoms with E-state index in [2.05, 4.69) is 19.1 Å². The highest BCUT2D eigenvalue weighted by Gasteiger charge is 2.39. The quantitative estimate of drug-likeness (QED) is 0.0947. The van der Waals surface area contributed by atoms with Crippen LogP contribution in [0.2, 0.25) is 0 Å². The van der Waals surface area contributed by atoms with E-state index in [1.807, 2.05) is 72.8 Å². The Balaban J connectivity index is 1.15. The Bertz CT molecular complexity index is 1200. The third-order valence-electron chi connectivity index (χ3n) is 7.49. The molecule has 4 rings (SSSR count). The van der Waals surface area contributed by atoms with Crippen LogP contribution in [0.15, 0.2) is 84.9 Å². The lowest BCUT2D eigenvalue weighted by molar-refractivity contribution is -0.141. The number of rotatable bonds is 20. The molecule has 0 aromatic heterocycles. The second-order valence-corrected chi connectivity index (χ2v) is 12.7. The molecular weight excluding hydrogens is 561 g/mol. The molecule has 1 saturated heterocycles. The molecule has 0 aliphatic carbocycles. The lowest BCUT2D eigenvalue weighted by Crippen LogP contribution is -2.54. The predicted molar refractivity (Wildman–Crippen MR) is 170 cm³/mol. The Labute approximate surface area is 257 Å². The number of likely N-dealkylation sites (tertiary alicyclic amines) is 1. The summed E-state index contributed by atoms with van der Waals surface area (Å²) < 4.78 is 36.7. The SMILES string of the molecule is CCCCCCCCOc1ccc(CCCC(=O)N2CC(OP(=O)(OCc3ccccc3)OCc3ccccc3)C2)cc1. The van der Waals surface area contributed by atoms with Gasteiger partial charge in [-0.05, 0) is 48.1 Å². The Morgan fingerprint density at radius 3 is 1.93 bits per heavy atom. The van der Waals surface area contributed by atoms with Crippen LogP contribution in [-0.4, -0.2) is 36.6 Å². The van der Waals surface area contributed by atoms with Gasteiger partial charge < -0.3 is 9.64 Å². The van der Waals surface area contributed by atoms with Crippen LogP contribution in [-0.2, 0) is 42.6 Å². The van der Waals surface area contributed by atoms with Gasteiger partial charge in [-0.25, -0.2) is 4.57 Å². The average Bonchev–Trinajstić information content (AvgIpc) is 3.02. The predicted octanol–water partition coefficient (Wildman–Crippen LogP) is 8.52. The maximum Gasteiger partial charge on any atom is 0.475 e. The molecule has 0 atom stereocenters. The van der Waals surface area contributed by atoms with Crippen molar-refractivity contribution in [3.63, 3.8) is 0 Å². The molecule has 3 aromatic carbocycles. The van der Waals surface area contributed by atoms with Gasteiger partial charge in [0, 0.05) is 19.5 Å². The molecule has 0 bridgehead atoms. The van der Waals surface area contributed by atoms with E-state index in [9.17, 15) is 9.36 Å². The molecule has 1 heterocycles. The van der Waals surface area contributed by atoms with E-state index in [-0.39, 0.29) is 19.1 Å². The van der Waals surface area contributed by atoms with Crippen molar-refractivity contribution in [2.75, 3.05) is 19.7 Å². The van der Waals surface area contributed by atoms with Gasteiger partial charge in [-0.2, -0.15) is 0 Å². The van der Waals surface area contributed by atoms with Gasteiger partial charge in [-0.1, -0.05) is 112 Å². The summed E-state index contributed by atoms with van der Waals surface area (Å²) in [5, 5.41) is 0. The van der Waals surface area contributed by atoms with Crippen molar-refractivity contribution in [1.82, 2.24) is 4.90 Å². The minimum Gasteiger partial charge on any atom is -0.494 e. The van der Waals surface area contributed by atoms with Crippen molar-refractivity contribution >= 4 is 13.7 Å². The molecule has 8 heteroatoms. The highest BCUT2D eigenvalue weighted by molar-refractivity contribution is 7.48. The number of carbonyl (C=O) groups is 1. The Morgan fingerprint density at radius 1 is 0.744 bits per heavy atom. The van der Waals surface area contributed by atoms with Crippen molar-refractivity contribution in [2.24, 2.45) is 0 Å². The molecule has 0 unspecified atom stereocenters. The van der Waals surface area contributed by atoms with E-state index < -0.39 is 13.9 Å². The number of phosphoric acid groups is 1. The lowest BCUT2D eigenvalue weighted by atomic mass is 10.1. The van der Waals surface area contributed by atoms with Gasteiger partial charge in [0.25, 0.3) is 0 Å². The largest absolute Gasteiger partial charge is 0.494 e. The van der Waals surface area contributed by atoms with Gasteiger partial charge in [-0.15, -0.1) is 0 Å². The van der Waals surface area contributed by atoms with Gasteiger partial charge in [0.2, 0.25) is 5.91 Å². The molecule has 1 aliphatic heterocycles. The number of ether oxygens (including phenoxy) is 1. The highest BCUT2D eigenvalue weighted by Crippen LogP contribution is 2.53. The molecule has 0 radical (unpaired) electrons. The van der Waals surface area contributed by atoms with E-state index >= 15 is 0 Å². The number of unbranched alkanes of at least 4 members (excludes halogenated alkanes) is 5. The number of benzene rings is 3. The zero-order valence-corrected chi connectivity index (χ0v) is 26.3. The first kappa shape index (κ1) is 32.9. The molecule has 7 nitrogen and oxygen atoms in total. The number of nitrogens with zero attached hydrogens (tertiary/aromatic N) is 1. The molecule has 1 amide bonds. The second-order valence-electron chi connectivity index (χ2n) is 11.1. The molecule has 1 aliphatic rings. The summed E-state index contributed by atoms with van der Waals surface area (Å²) in [6, 6.07) is 27.2. The normalized spacial score (nSPS) is 13.6. The third kappa shape index (κ3) is 11.9. The standard InChI is InChI=1S/C35H46NO6P/c1-2-3-4-5-6-13-25-39-33-23-21-30(22-24-33)19-14-20-35(37)36-26-34(27-36)42-43(38,40-28-31-15-9-7-10-16-31)41-29-32-17-11-8-12-18-32/h7-12,15-18,21-24,34H,2-6,13-14,19-20,25-29H2,1H3. The van der Waals surface area contributed by atoms with Crippen LogP contribution in [0, 0.1) is 0 Å². The summed E-state index contributed by atoms with van der Waals surface area (Å²) in [6.45, 7) is 3.95. The maximum atomic E-state index is 13.5. The minimum atomic E-state index is -3.86. The van der Waals surface area contributed by atoms with Crippen LogP contribution in [0.1, 0.15) is 75.0 Å². The van der Waals surface area contributed by atoms with Gasteiger partial charge in [0.05, 0.1) is 19.8 Å². The van der Waals surface area contributed by atoms with Crippen molar-refractivity contribution in [3.05, 3.63) is 102 Å². The van der Waals surface area contributed by atoms with Crippen molar-refractivity contribution in [1.29, 1.82) is 0 Å². The zero-order valence-electron chi connectivity index (χ0n) is 25.4. The van der Waals surface area contributed by atoms with Crippen LogP contribution in [0.4, 0.5) is 0 Å². The minimum absolute atomic E-state index is 0.0731. The lowest BCUT2D eigenvalue weighted by Gasteiger charge is -2.39. The second kappa shape index (κ2) is 18.0. The number of amides is 1. The molecule has 232 valence electrons. The fourth-order valence-corrected chi connectivity index (χ4v) is 6.18. The van der Waals surface area contributed by atoms with E-state index in [1.54, 1.807) is 4.90 Å². The first-order chi connectivity index (χ1) is 21.0. The van der Waals surface area contributed by atoms with Crippen LogP contribution < -0.4 is 4.74 Å². The topological polar surface area (TPSA) is 74.3 Å². The highest BCUT2D eigenvalue weighted by atomic mass is 31.2. The molecule has 43 heavy (non-hydrogen) atoms. The first-order valence-electron chi connectivity index (χ1n) is 15.7. The van der Waals surface area contributed by atoms with Crippen LogP contribution >= 0.6 is 7.82 Å². The van der Waals surface area contributed by atoms with Crippen LogP contribution in [0.5, 0.6) is 5.75 Å². The van der Waals surface area contributed by atoms with E-state index in [4.69, 9.17) is 18.3 Å². The summed E-state index contributed by atoms with van der Waals surface area (Å²) in [5.74, 6) is 0.974. The molecule has 0 saturated carbocycles. The number of phosphoric ester groups is 1. The van der Waals surface area contributed by atoms with Crippen LogP contribution in [0.3, 0.4) is 0 Å². The summed E-state index contributed by atoms with van der Waals surface area (Å²) >= 11 is 0. The Kier molecular flexibility index (Phi) is 13.8. The molecular formula is C35H46NO6P. The molecule has 3 aromatic rings. The number of hydrogen-bond donors (Lipinski definition) is 0. The van der Waals surface area contributed by atoms with Gasteiger partial charge in [-0.3, -0.25) is 18.4 Å². The third-order valence-corrected chi connectivity index (χ3v) is 8.94. The smallest absolute Gasteiger partial charge is 0.475 e. The summed E-state index contributed by atoms with van der Waals surface area (Å²) in [4.78, 5) is 14.5. The molecule has 0 spiro atoms. The van der Waals surface area contributed by atoms with Crippen molar-refractivity contribution in [2.45, 2.75) is 84.0 Å². The Hall–Kier alpha value is -2.96. The van der Waals surface area contributed by atoms with Crippen molar-refractivity contribution < 1.29 is 27.7 Å². The Morgan fingerprint density at radius 2 is 1.33 bits per heavy atom. The summed E-state index contributed by atoms with van der Waals surface area (Å²) in [7, 11) is -3.86. The summed E-state index contributed by atoms with van der Waals surface area (Å²) in [5.41, 5.74) is 2.93. The van der Waals surface area contributed by atoms with Gasteiger partial charge >= 0.3 is 7.82 Å².